The van der Waals surface area contributed by atoms with Crippen molar-refractivity contribution in [2.24, 2.45) is 11.7 Å². The van der Waals surface area contributed by atoms with E-state index in [-0.39, 0.29) is 18.9 Å². The molecule has 1 saturated heterocycles. The predicted octanol–water partition coefficient (Wildman–Crippen LogP) is -2.33. The minimum Gasteiger partial charge on any atom is -0.468 e. The lowest BCUT2D eigenvalue weighted by atomic mass is 10.0. The summed E-state index contributed by atoms with van der Waals surface area (Å²) in [5.74, 6) is -1.96. The van der Waals surface area contributed by atoms with Crippen LogP contribution in [0.1, 0.15) is 6.42 Å². The SMILES string of the molecule is COC(=O)CNC(=O)C(CC(N)=O)CN1CCNCC1. The molecule has 0 aromatic carbocycles. The molecule has 0 bridgehead atoms. The van der Waals surface area contributed by atoms with Crippen LogP contribution < -0.4 is 16.4 Å². The molecule has 114 valence electrons. The summed E-state index contributed by atoms with van der Waals surface area (Å²) in [7, 11) is 1.25. The van der Waals surface area contributed by atoms with Crippen molar-refractivity contribution in [3.05, 3.63) is 0 Å². The molecule has 0 radical (unpaired) electrons. The summed E-state index contributed by atoms with van der Waals surface area (Å²) in [5, 5.41) is 5.68. The van der Waals surface area contributed by atoms with Crippen LogP contribution in [0, 0.1) is 5.92 Å². The van der Waals surface area contributed by atoms with Crippen molar-refractivity contribution >= 4 is 17.8 Å². The lowest BCUT2D eigenvalue weighted by Crippen LogP contribution is -2.48. The number of nitrogens with two attached hydrogens (primary N) is 1. The van der Waals surface area contributed by atoms with Crippen LogP contribution in [0.5, 0.6) is 0 Å². The molecule has 1 aliphatic rings. The molecule has 1 unspecified atom stereocenters. The maximum Gasteiger partial charge on any atom is 0.325 e. The van der Waals surface area contributed by atoms with Gasteiger partial charge in [-0.3, -0.25) is 14.4 Å². The average molecular weight is 286 g/mol. The first-order valence-electron chi connectivity index (χ1n) is 6.59. The second-order valence-corrected chi connectivity index (χ2v) is 4.71. The van der Waals surface area contributed by atoms with E-state index < -0.39 is 17.8 Å². The van der Waals surface area contributed by atoms with Crippen LogP contribution in [-0.4, -0.2) is 69.1 Å². The van der Waals surface area contributed by atoms with Crippen molar-refractivity contribution in [1.82, 2.24) is 15.5 Å². The zero-order valence-electron chi connectivity index (χ0n) is 11.7. The number of esters is 1. The summed E-state index contributed by atoms with van der Waals surface area (Å²) in [6, 6.07) is 0. The van der Waals surface area contributed by atoms with Gasteiger partial charge in [-0.15, -0.1) is 0 Å². The average Bonchev–Trinajstić information content (AvgIpc) is 2.44. The summed E-state index contributed by atoms with van der Waals surface area (Å²) >= 11 is 0. The summed E-state index contributed by atoms with van der Waals surface area (Å²) in [4.78, 5) is 36.2. The molecule has 1 fully saturated rings. The van der Waals surface area contributed by atoms with Crippen molar-refractivity contribution in [2.45, 2.75) is 6.42 Å². The van der Waals surface area contributed by atoms with Gasteiger partial charge in [0.05, 0.1) is 13.0 Å². The minimum atomic E-state index is -0.546. The zero-order valence-corrected chi connectivity index (χ0v) is 11.7. The molecule has 1 heterocycles. The maximum atomic E-state index is 12.0. The van der Waals surface area contributed by atoms with Crippen molar-refractivity contribution < 1.29 is 19.1 Å². The van der Waals surface area contributed by atoms with Gasteiger partial charge < -0.3 is 26.0 Å². The highest BCUT2D eigenvalue weighted by atomic mass is 16.5. The van der Waals surface area contributed by atoms with Gasteiger partial charge in [0, 0.05) is 39.1 Å². The topological polar surface area (TPSA) is 114 Å². The number of ether oxygens (including phenoxy) is 1. The van der Waals surface area contributed by atoms with Gasteiger partial charge in [-0.1, -0.05) is 0 Å². The van der Waals surface area contributed by atoms with E-state index in [1.54, 1.807) is 0 Å². The van der Waals surface area contributed by atoms with E-state index in [4.69, 9.17) is 5.73 Å². The van der Waals surface area contributed by atoms with Crippen LogP contribution in [0.4, 0.5) is 0 Å². The van der Waals surface area contributed by atoms with E-state index in [1.807, 2.05) is 0 Å². The van der Waals surface area contributed by atoms with E-state index in [2.05, 4.69) is 20.3 Å². The molecular weight excluding hydrogens is 264 g/mol. The normalized spacial score (nSPS) is 17.2. The fourth-order valence-corrected chi connectivity index (χ4v) is 2.06. The third kappa shape index (κ3) is 5.98. The number of methoxy groups -OCH3 is 1. The Labute approximate surface area is 118 Å². The maximum absolute atomic E-state index is 12.0. The summed E-state index contributed by atoms with van der Waals surface area (Å²) in [6.07, 6.45) is -0.0308. The lowest BCUT2D eigenvalue weighted by molar-refractivity contribution is -0.141. The Kier molecular flexibility index (Phi) is 6.96. The number of amides is 2. The molecule has 1 rings (SSSR count). The molecule has 1 atom stereocenters. The standard InChI is InChI=1S/C12H22N4O4/c1-20-11(18)7-15-12(19)9(6-10(13)17)8-16-4-2-14-3-5-16/h9,14H,2-8H2,1H3,(H2,13,17)(H,15,19). The number of rotatable bonds is 7. The molecule has 0 aromatic heterocycles. The number of hydrogen-bond donors (Lipinski definition) is 3. The molecule has 0 aromatic rings. The second-order valence-electron chi connectivity index (χ2n) is 4.71. The Balaban J connectivity index is 2.50. The molecule has 20 heavy (non-hydrogen) atoms. The Hall–Kier alpha value is -1.67. The molecule has 8 heteroatoms. The van der Waals surface area contributed by atoms with Gasteiger partial charge in [0.25, 0.3) is 0 Å². The summed E-state index contributed by atoms with van der Waals surface area (Å²) < 4.78 is 4.45. The Bertz CT molecular complexity index is 355. The molecule has 0 aliphatic carbocycles. The quantitative estimate of drug-likeness (QED) is 0.452. The third-order valence-electron chi connectivity index (χ3n) is 3.14. The molecular formula is C12H22N4O4. The number of hydrogen-bond acceptors (Lipinski definition) is 6. The minimum absolute atomic E-state index is 0.0308. The van der Waals surface area contributed by atoms with Crippen LogP contribution in [0.2, 0.25) is 0 Å². The highest BCUT2D eigenvalue weighted by molar-refractivity contribution is 5.87. The molecule has 0 spiro atoms. The van der Waals surface area contributed by atoms with Gasteiger partial charge in [-0.25, -0.2) is 0 Å². The summed E-state index contributed by atoms with van der Waals surface area (Å²) in [6.45, 7) is 3.60. The van der Waals surface area contributed by atoms with Crippen molar-refractivity contribution in [2.75, 3.05) is 46.4 Å². The van der Waals surface area contributed by atoms with E-state index in [0.29, 0.717) is 6.54 Å². The van der Waals surface area contributed by atoms with E-state index in [9.17, 15) is 14.4 Å². The van der Waals surface area contributed by atoms with Crippen molar-refractivity contribution in [3.63, 3.8) is 0 Å². The molecule has 4 N–H and O–H groups in total. The van der Waals surface area contributed by atoms with Crippen LogP contribution in [0.15, 0.2) is 0 Å². The molecule has 2 amide bonds. The Morgan fingerprint density at radius 1 is 1.35 bits per heavy atom. The molecule has 0 saturated carbocycles. The molecule has 8 nitrogen and oxygen atoms in total. The number of piperazine rings is 1. The Morgan fingerprint density at radius 2 is 2.00 bits per heavy atom. The van der Waals surface area contributed by atoms with Gasteiger partial charge in [-0.05, 0) is 0 Å². The van der Waals surface area contributed by atoms with Crippen LogP contribution in [-0.2, 0) is 19.1 Å². The first-order valence-corrected chi connectivity index (χ1v) is 6.59. The van der Waals surface area contributed by atoms with E-state index in [1.165, 1.54) is 7.11 Å². The van der Waals surface area contributed by atoms with E-state index >= 15 is 0 Å². The third-order valence-corrected chi connectivity index (χ3v) is 3.14. The molecule has 1 aliphatic heterocycles. The number of nitrogens with one attached hydrogen (secondary N) is 2. The van der Waals surface area contributed by atoms with Gasteiger partial charge >= 0.3 is 5.97 Å². The van der Waals surface area contributed by atoms with Crippen molar-refractivity contribution in [1.29, 1.82) is 0 Å². The number of carbonyl (C=O) groups excluding carboxylic acids is 3. The van der Waals surface area contributed by atoms with Crippen molar-refractivity contribution in [3.8, 4) is 0 Å². The van der Waals surface area contributed by atoms with Crippen LogP contribution in [0.3, 0.4) is 0 Å². The Morgan fingerprint density at radius 3 is 2.55 bits per heavy atom. The van der Waals surface area contributed by atoms with Gasteiger partial charge in [0.15, 0.2) is 0 Å². The van der Waals surface area contributed by atoms with Crippen LogP contribution in [0.25, 0.3) is 0 Å². The highest BCUT2D eigenvalue weighted by Crippen LogP contribution is 2.07. The van der Waals surface area contributed by atoms with E-state index in [0.717, 1.165) is 26.2 Å². The van der Waals surface area contributed by atoms with Gasteiger partial charge in [-0.2, -0.15) is 0 Å². The largest absolute Gasteiger partial charge is 0.468 e. The second kappa shape index (κ2) is 8.49. The predicted molar refractivity (Wildman–Crippen MR) is 71.6 cm³/mol. The smallest absolute Gasteiger partial charge is 0.325 e. The zero-order chi connectivity index (χ0) is 15.0. The first-order chi connectivity index (χ1) is 9.52. The first kappa shape index (κ1) is 16.4. The van der Waals surface area contributed by atoms with Gasteiger partial charge in [0.1, 0.15) is 6.54 Å². The fourth-order valence-electron chi connectivity index (χ4n) is 2.06. The number of carbonyl (C=O) groups is 3. The summed E-state index contributed by atoms with van der Waals surface area (Å²) in [5.41, 5.74) is 5.18. The fraction of sp³-hybridized carbons (Fsp3) is 0.750. The van der Waals surface area contributed by atoms with Crippen LogP contribution >= 0.6 is 0 Å². The number of nitrogens with zero attached hydrogens (tertiary/aromatic N) is 1. The lowest BCUT2D eigenvalue weighted by Gasteiger charge is -2.30. The number of primary amides is 1. The monoisotopic (exact) mass is 286 g/mol. The van der Waals surface area contributed by atoms with Gasteiger partial charge in [0.2, 0.25) is 11.8 Å². The highest BCUT2D eigenvalue weighted by Gasteiger charge is 2.24.